The predicted molar refractivity (Wildman–Crippen MR) is 41.9 cm³/mol. The predicted octanol–water partition coefficient (Wildman–Crippen LogP) is 1.29. The SMILES string of the molecule is CO[C@]1(C)CCCC(N)C1. The van der Waals surface area contributed by atoms with Crippen molar-refractivity contribution in [3.8, 4) is 0 Å². The van der Waals surface area contributed by atoms with Crippen molar-refractivity contribution in [1.29, 1.82) is 0 Å². The van der Waals surface area contributed by atoms with Crippen molar-refractivity contribution < 1.29 is 4.74 Å². The van der Waals surface area contributed by atoms with Gasteiger partial charge in [0.05, 0.1) is 5.60 Å². The van der Waals surface area contributed by atoms with Crippen LogP contribution in [-0.4, -0.2) is 18.8 Å². The zero-order chi connectivity index (χ0) is 7.61. The fraction of sp³-hybridized carbons (Fsp3) is 1.00. The summed E-state index contributed by atoms with van der Waals surface area (Å²) in [6.07, 6.45) is 4.56. The molecule has 0 spiro atoms. The van der Waals surface area contributed by atoms with Gasteiger partial charge >= 0.3 is 0 Å². The molecular formula is C8H17NO. The van der Waals surface area contributed by atoms with Gasteiger partial charge < -0.3 is 10.5 Å². The van der Waals surface area contributed by atoms with Gasteiger partial charge in [0.2, 0.25) is 0 Å². The zero-order valence-electron chi connectivity index (χ0n) is 6.89. The standard InChI is InChI=1S/C8H17NO/c1-8(10-2)5-3-4-7(9)6-8/h7H,3-6,9H2,1-2H3/t7?,8-/m1/s1. The summed E-state index contributed by atoms with van der Waals surface area (Å²) in [6.45, 7) is 2.14. The second-order valence-corrected chi connectivity index (χ2v) is 3.51. The van der Waals surface area contributed by atoms with Gasteiger partial charge in [-0.2, -0.15) is 0 Å². The first-order chi connectivity index (χ1) is 4.66. The third kappa shape index (κ3) is 1.70. The van der Waals surface area contributed by atoms with Gasteiger partial charge in [-0.05, 0) is 32.6 Å². The van der Waals surface area contributed by atoms with Crippen LogP contribution in [0.4, 0.5) is 0 Å². The molecule has 0 bridgehead atoms. The van der Waals surface area contributed by atoms with Crippen molar-refractivity contribution in [2.24, 2.45) is 5.73 Å². The smallest absolute Gasteiger partial charge is 0.0665 e. The number of methoxy groups -OCH3 is 1. The van der Waals surface area contributed by atoms with E-state index in [1.165, 1.54) is 12.8 Å². The molecule has 0 saturated heterocycles. The Balaban J connectivity index is 2.45. The Bertz CT molecular complexity index is 116. The van der Waals surface area contributed by atoms with E-state index in [1.54, 1.807) is 7.11 Å². The van der Waals surface area contributed by atoms with Crippen LogP contribution in [0.15, 0.2) is 0 Å². The minimum atomic E-state index is 0.0671. The monoisotopic (exact) mass is 143 g/mol. The van der Waals surface area contributed by atoms with Crippen molar-refractivity contribution in [1.82, 2.24) is 0 Å². The lowest BCUT2D eigenvalue weighted by Crippen LogP contribution is -2.40. The summed E-state index contributed by atoms with van der Waals surface area (Å²) >= 11 is 0. The first kappa shape index (κ1) is 8.02. The number of hydrogen-bond donors (Lipinski definition) is 1. The number of rotatable bonds is 1. The molecule has 0 amide bonds. The van der Waals surface area contributed by atoms with E-state index in [1.807, 2.05) is 0 Å². The van der Waals surface area contributed by atoms with E-state index in [2.05, 4.69) is 6.92 Å². The first-order valence-electron chi connectivity index (χ1n) is 3.97. The van der Waals surface area contributed by atoms with Crippen molar-refractivity contribution in [2.75, 3.05) is 7.11 Å². The summed E-state index contributed by atoms with van der Waals surface area (Å²) in [6, 6.07) is 0.360. The Labute approximate surface area is 62.7 Å². The van der Waals surface area contributed by atoms with Crippen LogP contribution in [0.2, 0.25) is 0 Å². The fourth-order valence-corrected chi connectivity index (χ4v) is 1.68. The van der Waals surface area contributed by atoms with Gasteiger partial charge in [-0.3, -0.25) is 0 Å². The van der Waals surface area contributed by atoms with E-state index in [0.29, 0.717) is 6.04 Å². The third-order valence-electron chi connectivity index (χ3n) is 2.47. The fourth-order valence-electron chi connectivity index (χ4n) is 1.68. The highest BCUT2D eigenvalue weighted by Gasteiger charge is 2.29. The van der Waals surface area contributed by atoms with Crippen LogP contribution in [0, 0.1) is 0 Å². The van der Waals surface area contributed by atoms with Crippen LogP contribution >= 0.6 is 0 Å². The molecular weight excluding hydrogens is 126 g/mol. The summed E-state index contributed by atoms with van der Waals surface area (Å²) in [7, 11) is 1.78. The van der Waals surface area contributed by atoms with Crippen LogP contribution in [0.5, 0.6) is 0 Å². The minimum absolute atomic E-state index is 0.0671. The summed E-state index contributed by atoms with van der Waals surface area (Å²) in [4.78, 5) is 0. The lowest BCUT2D eigenvalue weighted by Gasteiger charge is -2.35. The molecule has 60 valence electrons. The van der Waals surface area contributed by atoms with Crippen LogP contribution in [0.3, 0.4) is 0 Å². The number of hydrogen-bond acceptors (Lipinski definition) is 2. The minimum Gasteiger partial charge on any atom is -0.378 e. The maximum atomic E-state index is 5.81. The highest BCUT2D eigenvalue weighted by molar-refractivity contribution is 4.85. The molecule has 0 aromatic heterocycles. The Morgan fingerprint density at radius 3 is 2.70 bits per heavy atom. The normalized spacial score (nSPS) is 41.7. The molecule has 0 aliphatic heterocycles. The van der Waals surface area contributed by atoms with Crippen LogP contribution in [0.1, 0.15) is 32.6 Å². The summed E-state index contributed by atoms with van der Waals surface area (Å²) in [5, 5.41) is 0. The van der Waals surface area contributed by atoms with E-state index in [0.717, 1.165) is 12.8 Å². The van der Waals surface area contributed by atoms with Crippen molar-refractivity contribution in [3.05, 3.63) is 0 Å². The first-order valence-corrected chi connectivity index (χ1v) is 3.97. The van der Waals surface area contributed by atoms with Gasteiger partial charge in [-0.1, -0.05) is 0 Å². The molecule has 1 fully saturated rings. The summed E-state index contributed by atoms with van der Waals surface area (Å²) in [5.74, 6) is 0. The molecule has 0 radical (unpaired) electrons. The molecule has 0 aromatic rings. The second kappa shape index (κ2) is 2.89. The molecule has 0 aromatic carbocycles. The molecule has 1 aliphatic rings. The van der Waals surface area contributed by atoms with Crippen LogP contribution < -0.4 is 5.73 Å². The van der Waals surface area contributed by atoms with Gasteiger partial charge in [0.1, 0.15) is 0 Å². The summed E-state index contributed by atoms with van der Waals surface area (Å²) < 4.78 is 5.37. The maximum Gasteiger partial charge on any atom is 0.0665 e. The Morgan fingerprint density at radius 2 is 2.30 bits per heavy atom. The van der Waals surface area contributed by atoms with E-state index in [9.17, 15) is 0 Å². The molecule has 1 aliphatic carbocycles. The van der Waals surface area contributed by atoms with E-state index < -0.39 is 0 Å². The van der Waals surface area contributed by atoms with E-state index in [4.69, 9.17) is 10.5 Å². The topological polar surface area (TPSA) is 35.2 Å². The molecule has 2 nitrogen and oxygen atoms in total. The van der Waals surface area contributed by atoms with Crippen molar-refractivity contribution in [3.63, 3.8) is 0 Å². The van der Waals surface area contributed by atoms with Gasteiger partial charge in [-0.15, -0.1) is 0 Å². The molecule has 2 N–H and O–H groups in total. The zero-order valence-corrected chi connectivity index (χ0v) is 6.89. The van der Waals surface area contributed by atoms with Gasteiger partial charge in [0.15, 0.2) is 0 Å². The van der Waals surface area contributed by atoms with Gasteiger partial charge in [0.25, 0.3) is 0 Å². The lowest BCUT2D eigenvalue weighted by molar-refractivity contribution is -0.0283. The largest absolute Gasteiger partial charge is 0.378 e. The molecule has 10 heavy (non-hydrogen) atoms. The van der Waals surface area contributed by atoms with Gasteiger partial charge in [0, 0.05) is 13.2 Å². The van der Waals surface area contributed by atoms with E-state index >= 15 is 0 Å². The average Bonchev–Trinajstić information content (AvgIpc) is 1.88. The molecule has 1 unspecified atom stereocenters. The van der Waals surface area contributed by atoms with Gasteiger partial charge in [-0.25, -0.2) is 0 Å². The number of nitrogens with two attached hydrogens (primary N) is 1. The quantitative estimate of drug-likeness (QED) is 0.600. The van der Waals surface area contributed by atoms with Crippen molar-refractivity contribution in [2.45, 2.75) is 44.2 Å². The van der Waals surface area contributed by atoms with Crippen LogP contribution in [0.25, 0.3) is 0 Å². The Hall–Kier alpha value is -0.0800. The highest BCUT2D eigenvalue weighted by Crippen LogP contribution is 2.29. The van der Waals surface area contributed by atoms with E-state index in [-0.39, 0.29) is 5.60 Å². The Kier molecular flexibility index (Phi) is 2.32. The van der Waals surface area contributed by atoms with Crippen LogP contribution in [-0.2, 0) is 4.74 Å². The molecule has 2 atom stereocenters. The Morgan fingerprint density at radius 1 is 1.60 bits per heavy atom. The second-order valence-electron chi connectivity index (χ2n) is 3.51. The maximum absolute atomic E-state index is 5.81. The average molecular weight is 143 g/mol. The van der Waals surface area contributed by atoms with Crippen molar-refractivity contribution >= 4 is 0 Å². The molecule has 0 heterocycles. The molecule has 1 saturated carbocycles. The highest BCUT2D eigenvalue weighted by atomic mass is 16.5. The molecule has 1 rings (SSSR count). The third-order valence-corrected chi connectivity index (χ3v) is 2.47. The molecule has 2 heteroatoms. The number of ether oxygens (including phenoxy) is 1. The summed E-state index contributed by atoms with van der Waals surface area (Å²) in [5.41, 5.74) is 5.87. The lowest BCUT2D eigenvalue weighted by atomic mass is 9.83.